The molecule has 3 nitrogen and oxygen atoms in total. The number of hydrogen-bond donors (Lipinski definition) is 1. The van der Waals surface area contributed by atoms with Gasteiger partial charge in [-0.2, -0.15) is 0 Å². The van der Waals surface area contributed by atoms with E-state index in [9.17, 15) is 9.90 Å². The molecule has 20 heavy (non-hydrogen) atoms. The highest BCUT2D eigenvalue weighted by atomic mass is 32.1. The lowest BCUT2D eigenvalue weighted by Gasteiger charge is -2.06. The number of esters is 1. The van der Waals surface area contributed by atoms with Gasteiger partial charge < -0.3 is 9.84 Å². The van der Waals surface area contributed by atoms with Gasteiger partial charge in [-0.05, 0) is 29.1 Å². The summed E-state index contributed by atoms with van der Waals surface area (Å²) in [6.07, 6.45) is 0. The zero-order chi connectivity index (χ0) is 14.1. The maximum atomic E-state index is 11.6. The molecule has 3 aromatic rings. The first kappa shape index (κ1) is 12.7. The summed E-state index contributed by atoms with van der Waals surface area (Å²) in [6, 6.07) is 13.1. The van der Waals surface area contributed by atoms with Gasteiger partial charge in [0.05, 0.1) is 7.11 Å². The largest absolute Gasteiger partial charge is 0.507 e. The molecular formula is C16H12O3S. The number of carbonyl (C=O) groups is 1. The van der Waals surface area contributed by atoms with Crippen LogP contribution < -0.4 is 0 Å². The van der Waals surface area contributed by atoms with Gasteiger partial charge in [0.2, 0.25) is 0 Å². The van der Waals surface area contributed by atoms with Gasteiger partial charge in [-0.25, -0.2) is 4.79 Å². The highest BCUT2D eigenvalue weighted by Gasteiger charge is 2.14. The van der Waals surface area contributed by atoms with Crippen molar-refractivity contribution in [3.8, 4) is 16.9 Å². The lowest BCUT2D eigenvalue weighted by Crippen LogP contribution is -2.01. The quantitative estimate of drug-likeness (QED) is 0.722. The van der Waals surface area contributed by atoms with E-state index in [-0.39, 0.29) is 11.3 Å². The normalized spacial score (nSPS) is 10.7. The highest BCUT2D eigenvalue weighted by Crippen LogP contribution is 2.35. The Kier molecular flexibility index (Phi) is 3.16. The first-order valence-electron chi connectivity index (χ1n) is 6.08. The van der Waals surface area contributed by atoms with Crippen molar-refractivity contribution in [3.63, 3.8) is 0 Å². The zero-order valence-corrected chi connectivity index (χ0v) is 11.6. The first-order valence-corrected chi connectivity index (χ1v) is 6.96. The number of carbonyl (C=O) groups excluding carboxylic acids is 1. The van der Waals surface area contributed by atoms with Crippen LogP contribution in [0.3, 0.4) is 0 Å². The summed E-state index contributed by atoms with van der Waals surface area (Å²) >= 11 is 1.65. The Morgan fingerprint density at radius 2 is 2.00 bits per heavy atom. The molecular weight excluding hydrogens is 272 g/mol. The predicted octanol–water partition coefficient (Wildman–Crippen LogP) is 4.06. The Hall–Kier alpha value is -2.33. The lowest BCUT2D eigenvalue weighted by molar-refractivity contribution is 0.0597. The van der Waals surface area contributed by atoms with E-state index in [1.165, 1.54) is 17.9 Å². The summed E-state index contributed by atoms with van der Waals surface area (Å²) in [7, 11) is 1.30. The van der Waals surface area contributed by atoms with Gasteiger partial charge in [0.15, 0.2) is 0 Å². The smallest absolute Gasteiger partial charge is 0.341 e. The molecule has 1 heterocycles. The van der Waals surface area contributed by atoms with Crippen LogP contribution in [0.5, 0.6) is 5.75 Å². The van der Waals surface area contributed by atoms with Gasteiger partial charge in [-0.3, -0.25) is 0 Å². The van der Waals surface area contributed by atoms with Gasteiger partial charge in [0, 0.05) is 15.6 Å². The third-order valence-electron chi connectivity index (χ3n) is 3.19. The minimum Gasteiger partial charge on any atom is -0.507 e. The highest BCUT2D eigenvalue weighted by molar-refractivity contribution is 7.17. The van der Waals surface area contributed by atoms with E-state index in [1.54, 1.807) is 23.5 Å². The Morgan fingerprint density at radius 3 is 2.80 bits per heavy atom. The minimum absolute atomic E-state index is 0.0693. The number of aromatic hydroxyl groups is 1. The number of phenols is 1. The third kappa shape index (κ3) is 2.04. The molecule has 0 fully saturated rings. The number of phenolic OH excluding ortho intramolecular Hbond substituents is 1. The van der Waals surface area contributed by atoms with Crippen molar-refractivity contribution in [1.29, 1.82) is 0 Å². The van der Waals surface area contributed by atoms with Gasteiger partial charge >= 0.3 is 5.97 Å². The van der Waals surface area contributed by atoms with E-state index in [0.717, 1.165) is 16.5 Å². The van der Waals surface area contributed by atoms with Crippen molar-refractivity contribution >= 4 is 27.4 Å². The maximum Gasteiger partial charge on any atom is 0.341 e. The number of ether oxygens (including phenoxy) is 1. The fraction of sp³-hybridized carbons (Fsp3) is 0.0625. The third-order valence-corrected chi connectivity index (χ3v) is 4.16. The number of rotatable bonds is 2. The summed E-state index contributed by atoms with van der Waals surface area (Å²) in [4.78, 5) is 11.6. The molecule has 0 spiro atoms. The van der Waals surface area contributed by atoms with Crippen molar-refractivity contribution in [2.75, 3.05) is 7.11 Å². The molecule has 0 aliphatic rings. The van der Waals surface area contributed by atoms with Crippen LogP contribution >= 0.6 is 11.3 Å². The SMILES string of the molecule is COC(=O)c1cc(-c2csc3ccccc23)ccc1O. The second kappa shape index (κ2) is 4.98. The van der Waals surface area contributed by atoms with Crippen LogP contribution in [-0.4, -0.2) is 18.2 Å². The molecule has 4 heteroatoms. The molecule has 1 N–H and O–H groups in total. The van der Waals surface area contributed by atoms with Crippen LogP contribution in [0.2, 0.25) is 0 Å². The van der Waals surface area contributed by atoms with Crippen molar-refractivity contribution in [1.82, 2.24) is 0 Å². The van der Waals surface area contributed by atoms with Crippen LogP contribution in [0.4, 0.5) is 0 Å². The van der Waals surface area contributed by atoms with E-state index in [2.05, 4.69) is 16.2 Å². The molecule has 2 aromatic carbocycles. The van der Waals surface area contributed by atoms with Gasteiger partial charge in [0.1, 0.15) is 11.3 Å². The van der Waals surface area contributed by atoms with Crippen LogP contribution in [0.1, 0.15) is 10.4 Å². The van der Waals surface area contributed by atoms with Crippen LogP contribution in [0.15, 0.2) is 47.8 Å². The van der Waals surface area contributed by atoms with Crippen molar-refractivity contribution in [3.05, 3.63) is 53.4 Å². The monoisotopic (exact) mass is 284 g/mol. The average molecular weight is 284 g/mol. The summed E-state index contributed by atoms with van der Waals surface area (Å²) in [5, 5.41) is 12.9. The topological polar surface area (TPSA) is 46.5 Å². The van der Waals surface area contributed by atoms with Gasteiger partial charge in [0.25, 0.3) is 0 Å². The molecule has 3 rings (SSSR count). The first-order chi connectivity index (χ1) is 9.70. The number of methoxy groups -OCH3 is 1. The standard InChI is InChI=1S/C16H12O3S/c1-19-16(18)12-8-10(6-7-14(12)17)13-9-20-15-5-3-2-4-11(13)15/h2-9,17H,1H3. The number of fused-ring (bicyclic) bond motifs is 1. The van der Waals surface area contributed by atoms with Crippen molar-refractivity contribution in [2.24, 2.45) is 0 Å². The molecule has 0 saturated heterocycles. The van der Waals surface area contributed by atoms with Crippen molar-refractivity contribution in [2.45, 2.75) is 0 Å². The van der Waals surface area contributed by atoms with E-state index < -0.39 is 5.97 Å². The molecule has 0 aliphatic carbocycles. The van der Waals surface area contributed by atoms with Crippen LogP contribution in [0, 0.1) is 0 Å². The molecule has 0 radical (unpaired) electrons. The summed E-state index contributed by atoms with van der Waals surface area (Å²) < 4.78 is 5.87. The molecule has 1 aromatic heterocycles. The van der Waals surface area contributed by atoms with Gasteiger partial charge in [-0.15, -0.1) is 11.3 Å². The Bertz CT molecular complexity index is 789. The fourth-order valence-corrected chi connectivity index (χ4v) is 3.15. The Balaban J connectivity index is 2.17. The maximum absolute atomic E-state index is 11.6. The number of hydrogen-bond acceptors (Lipinski definition) is 4. The lowest BCUT2D eigenvalue weighted by atomic mass is 10.0. The summed E-state index contributed by atoms with van der Waals surface area (Å²) in [6.45, 7) is 0. The second-order valence-corrected chi connectivity index (χ2v) is 5.28. The van der Waals surface area contributed by atoms with Crippen molar-refractivity contribution < 1.29 is 14.6 Å². The van der Waals surface area contributed by atoms with E-state index in [1.807, 2.05) is 18.2 Å². The Morgan fingerprint density at radius 1 is 1.20 bits per heavy atom. The molecule has 0 saturated carbocycles. The second-order valence-electron chi connectivity index (χ2n) is 4.37. The Labute approximate surface area is 120 Å². The zero-order valence-electron chi connectivity index (χ0n) is 10.8. The van der Waals surface area contributed by atoms with Gasteiger partial charge in [-0.1, -0.05) is 24.3 Å². The molecule has 0 unspecified atom stereocenters. The molecule has 0 atom stereocenters. The molecule has 100 valence electrons. The average Bonchev–Trinajstić information content (AvgIpc) is 2.91. The molecule has 0 aliphatic heterocycles. The number of thiophene rings is 1. The molecule has 0 amide bonds. The predicted molar refractivity (Wildman–Crippen MR) is 80.3 cm³/mol. The number of benzene rings is 2. The van der Waals surface area contributed by atoms with E-state index in [0.29, 0.717) is 0 Å². The summed E-state index contributed by atoms with van der Waals surface area (Å²) in [5.41, 5.74) is 2.12. The fourth-order valence-electron chi connectivity index (χ4n) is 2.18. The van der Waals surface area contributed by atoms with Crippen LogP contribution in [-0.2, 0) is 4.74 Å². The van der Waals surface area contributed by atoms with E-state index in [4.69, 9.17) is 0 Å². The summed E-state index contributed by atoms with van der Waals surface area (Å²) in [5.74, 6) is -0.607. The minimum atomic E-state index is -0.538. The molecule has 0 bridgehead atoms. The van der Waals surface area contributed by atoms with Crippen LogP contribution in [0.25, 0.3) is 21.2 Å². The van der Waals surface area contributed by atoms with E-state index >= 15 is 0 Å².